The Balaban J connectivity index is 2.11. The molecule has 17 heavy (non-hydrogen) atoms. The summed E-state index contributed by atoms with van der Waals surface area (Å²) in [5.74, 6) is -0.234. The van der Waals surface area contributed by atoms with Crippen molar-refractivity contribution < 1.29 is 4.39 Å². The first-order valence-electron chi connectivity index (χ1n) is 5.29. The van der Waals surface area contributed by atoms with E-state index >= 15 is 0 Å². The van der Waals surface area contributed by atoms with Gasteiger partial charge in [0, 0.05) is 5.02 Å². The van der Waals surface area contributed by atoms with Crippen LogP contribution < -0.4 is 0 Å². The van der Waals surface area contributed by atoms with E-state index in [-0.39, 0.29) is 11.2 Å². The molecule has 0 spiro atoms. The Kier molecular flexibility index (Phi) is 4.03. The summed E-state index contributed by atoms with van der Waals surface area (Å²) in [4.78, 5) is 0. The highest BCUT2D eigenvalue weighted by molar-refractivity contribution is 6.30. The zero-order valence-electron chi connectivity index (χ0n) is 9.04. The zero-order valence-corrected chi connectivity index (χ0v) is 10.5. The standard InChI is InChI=1S/C14H11Cl2F/c15-12-3-1-2-11(9-12)14(16)8-10-4-6-13(17)7-5-10/h1-7,9,14H,8H2. The van der Waals surface area contributed by atoms with Crippen molar-refractivity contribution in [3.8, 4) is 0 Å². The third kappa shape index (κ3) is 3.45. The minimum Gasteiger partial charge on any atom is -0.207 e. The molecule has 88 valence electrons. The normalized spacial score (nSPS) is 12.4. The van der Waals surface area contributed by atoms with E-state index in [2.05, 4.69) is 0 Å². The molecule has 0 nitrogen and oxygen atoms in total. The van der Waals surface area contributed by atoms with Gasteiger partial charge in [-0.1, -0.05) is 35.9 Å². The van der Waals surface area contributed by atoms with E-state index < -0.39 is 0 Å². The van der Waals surface area contributed by atoms with Gasteiger partial charge >= 0.3 is 0 Å². The fraction of sp³-hybridized carbons (Fsp3) is 0.143. The third-order valence-corrected chi connectivity index (χ3v) is 3.18. The Labute approximate surface area is 110 Å². The van der Waals surface area contributed by atoms with Gasteiger partial charge in [0.1, 0.15) is 5.82 Å². The molecule has 0 N–H and O–H groups in total. The summed E-state index contributed by atoms with van der Waals surface area (Å²) in [7, 11) is 0. The SMILES string of the molecule is Fc1ccc(CC(Cl)c2cccc(Cl)c2)cc1. The summed E-state index contributed by atoms with van der Waals surface area (Å²) in [6.07, 6.45) is 0.655. The van der Waals surface area contributed by atoms with Crippen LogP contribution in [0.25, 0.3) is 0 Å². The molecule has 2 aromatic rings. The Hall–Kier alpha value is -1.05. The van der Waals surface area contributed by atoms with Crippen molar-refractivity contribution in [2.45, 2.75) is 11.8 Å². The van der Waals surface area contributed by atoms with E-state index in [1.165, 1.54) is 12.1 Å². The highest BCUT2D eigenvalue weighted by Crippen LogP contribution is 2.26. The molecule has 0 aliphatic carbocycles. The lowest BCUT2D eigenvalue weighted by Gasteiger charge is -2.10. The Morgan fingerprint density at radius 3 is 2.41 bits per heavy atom. The molecular formula is C14H11Cl2F. The summed E-state index contributed by atoms with van der Waals surface area (Å²) in [5.41, 5.74) is 1.98. The predicted molar refractivity (Wildman–Crippen MR) is 70.2 cm³/mol. The summed E-state index contributed by atoms with van der Waals surface area (Å²) in [6.45, 7) is 0. The molecule has 3 heteroatoms. The van der Waals surface area contributed by atoms with Crippen LogP contribution in [0.2, 0.25) is 5.02 Å². The van der Waals surface area contributed by atoms with Crippen molar-refractivity contribution in [2.75, 3.05) is 0 Å². The second-order valence-electron chi connectivity index (χ2n) is 3.85. The van der Waals surface area contributed by atoms with Gasteiger partial charge in [-0.25, -0.2) is 4.39 Å². The van der Waals surface area contributed by atoms with E-state index in [0.29, 0.717) is 11.4 Å². The molecule has 0 heterocycles. The van der Waals surface area contributed by atoms with Gasteiger partial charge in [0.05, 0.1) is 5.38 Å². The summed E-state index contributed by atoms with van der Waals surface area (Å²) in [5, 5.41) is 0.520. The molecule has 0 amide bonds. The lowest BCUT2D eigenvalue weighted by Crippen LogP contribution is -1.95. The van der Waals surface area contributed by atoms with Crippen molar-refractivity contribution in [1.29, 1.82) is 0 Å². The maximum atomic E-state index is 12.7. The first-order chi connectivity index (χ1) is 8.15. The topological polar surface area (TPSA) is 0 Å². The Bertz CT molecular complexity index is 494. The van der Waals surface area contributed by atoms with E-state index in [1.807, 2.05) is 24.3 Å². The summed E-state index contributed by atoms with van der Waals surface area (Å²) < 4.78 is 12.7. The maximum absolute atomic E-state index is 12.7. The Morgan fingerprint density at radius 2 is 1.76 bits per heavy atom. The molecule has 2 rings (SSSR count). The lowest BCUT2D eigenvalue weighted by atomic mass is 10.0. The van der Waals surface area contributed by atoms with Crippen molar-refractivity contribution in [2.24, 2.45) is 0 Å². The van der Waals surface area contributed by atoms with Crippen LogP contribution in [0.1, 0.15) is 16.5 Å². The van der Waals surface area contributed by atoms with Crippen LogP contribution in [0, 0.1) is 5.82 Å². The van der Waals surface area contributed by atoms with Crippen molar-refractivity contribution in [1.82, 2.24) is 0 Å². The fourth-order valence-corrected chi connectivity index (χ4v) is 2.16. The molecular weight excluding hydrogens is 258 g/mol. The van der Waals surface area contributed by atoms with Crippen LogP contribution in [0.3, 0.4) is 0 Å². The van der Waals surface area contributed by atoms with E-state index in [1.54, 1.807) is 12.1 Å². The number of hydrogen-bond donors (Lipinski definition) is 0. The number of hydrogen-bond acceptors (Lipinski definition) is 0. The summed E-state index contributed by atoms with van der Waals surface area (Å²) in [6, 6.07) is 13.8. The zero-order chi connectivity index (χ0) is 12.3. The highest BCUT2D eigenvalue weighted by atomic mass is 35.5. The van der Waals surface area contributed by atoms with Gasteiger partial charge in [0.15, 0.2) is 0 Å². The third-order valence-electron chi connectivity index (χ3n) is 2.54. The van der Waals surface area contributed by atoms with Crippen molar-refractivity contribution in [3.05, 3.63) is 70.5 Å². The first-order valence-corrected chi connectivity index (χ1v) is 6.10. The quantitative estimate of drug-likeness (QED) is 0.688. The number of rotatable bonds is 3. The minimum absolute atomic E-state index is 0.154. The molecule has 2 aromatic carbocycles. The van der Waals surface area contributed by atoms with Gasteiger partial charge in [-0.05, 0) is 41.8 Å². The van der Waals surface area contributed by atoms with Gasteiger partial charge in [-0.2, -0.15) is 0 Å². The van der Waals surface area contributed by atoms with Crippen LogP contribution in [-0.4, -0.2) is 0 Å². The van der Waals surface area contributed by atoms with Crippen molar-refractivity contribution in [3.63, 3.8) is 0 Å². The fourth-order valence-electron chi connectivity index (χ4n) is 1.65. The van der Waals surface area contributed by atoms with Gasteiger partial charge in [0.2, 0.25) is 0 Å². The molecule has 1 atom stereocenters. The molecule has 0 aliphatic rings. The van der Waals surface area contributed by atoms with E-state index in [4.69, 9.17) is 23.2 Å². The molecule has 0 bridgehead atoms. The minimum atomic E-state index is -0.234. The first kappa shape index (κ1) is 12.4. The average molecular weight is 269 g/mol. The van der Waals surface area contributed by atoms with Gasteiger partial charge in [0.25, 0.3) is 0 Å². The van der Waals surface area contributed by atoms with Crippen LogP contribution in [-0.2, 0) is 6.42 Å². The second kappa shape index (κ2) is 5.52. The van der Waals surface area contributed by atoms with E-state index in [9.17, 15) is 4.39 Å². The maximum Gasteiger partial charge on any atom is 0.123 e. The molecule has 0 aliphatic heterocycles. The van der Waals surface area contributed by atoms with Gasteiger partial charge in [-0.15, -0.1) is 11.6 Å². The van der Waals surface area contributed by atoms with Crippen LogP contribution in [0.4, 0.5) is 4.39 Å². The molecule has 0 saturated carbocycles. The molecule has 0 aromatic heterocycles. The number of halogens is 3. The average Bonchev–Trinajstić information content (AvgIpc) is 2.32. The number of alkyl halides is 1. The highest BCUT2D eigenvalue weighted by Gasteiger charge is 2.09. The molecule has 0 saturated heterocycles. The second-order valence-corrected chi connectivity index (χ2v) is 4.82. The van der Waals surface area contributed by atoms with Crippen LogP contribution >= 0.6 is 23.2 Å². The molecule has 0 fully saturated rings. The molecule has 0 radical (unpaired) electrons. The van der Waals surface area contributed by atoms with E-state index in [0.717, 1.165) is 11.1 Å². The van der Waals surface area contributed by atoms with Crippen molar-refractivity contribution >= 4 is 23.2 Å². The van der Waals surface area contributed by atoms with Gasteiger partial charge < -0.3 is 0 Å². The lowest BCUT2D eigenvalue weighted by molar-refractivity contribution is 0.627. The summed E-state index contributed by atoms with van der Waals surface area (Å²) >= 11 is 12.2. The molecule has 1 unspecified atom stereocenters. The van der Waals surface area contributed by atoms with Crippen LogP contribution in [0.15, 0.2) is 48.5 Å². The Morgan fingerprint density at radius 1 is 1.06 bits per heavy atom. The number of benzene rings is 2. The largest absolute Gasteiger partial charge is 0.207 e. The predicted octanol–water partition coefficient (Wildman–Crippen LogP) is 5.00. The monoisotopic (exact) mass is 268 g/mol. The smallest absolute Gasteiger partial charge is 0.123 e. The van der Waals surface area contributed by atoms with Gasteiger partial charge in [-0.3, -0.25) is 0 Å². The van der Waals surface area contributed by atoms with Crippen LogP contribution in [0.5, 0.6) is 0 Å².